The van der Waals surface area contributed by atoms with Crippen LogP contribution in [0.15, 0.2) is 0 Å². The van der Waals surface area contributed by atoms with Crippen molar-refractivity contribution >= 4 is 16.3 Å². The van der Waals surface area contributed by atoms with Gasteiger partial charge in [0, 0.05) is 6.54 Å². The molecule has 0 aromatic carbocycles. The predicted molar refractivity (Wildman–Crippen MR) is 35.2 cm³/mol. The van der Waals surface area contributed by atoms with Gasteiger partial charge in [0.2, 0.25) is 5.91 Å². The Morgan fingerprint density at radius 2 is 1.82 bits per heavy atom. The van der Waals surface area contributed by atoms with Crippen LogP contribution in [0.2, 0.25) is 0 Å². The summed E-state index contributed by atoms with van der Waals surface area (Å²) in [6.07, 6.45) is 0. The van der Waals surface area contributed by atoms with Crippen LogP contribution in [0.25, 0.3) is 0 Å². The molecule has 66 valence electrons. The summed E-state index contributed by atoms with van der Waals surface area (Å²) in [5.41, 5.74) is 5.11. The van der Waals surface area contributed by atoms with Gasteiger partial charge in [0.1, 0.15) is 6.04 Å². The average molecular weight is 184 g/mol. The quantitative estimate of drug-likeness (QED) is 0.249. The van der Waals surface area contributed by atoms with Crippen molar-refractivity contribution in [3.8, 4) is 0 Å². The van der Waals surface area contributed by atoms with E-state index in [9.17, 15) is 4.79 Å². The van der Waals surface area contributed by atoms with Gasteiger partial charge in [-0.3, -0.25) is 13.9 Å². The smallest absolute Gasteiger partial charge is 0.353 e. The lowest BCUT2D eigenvalue weighted by molar-refractivity contribution is -0.127. The summed E-state index contributed by atoms with van der Waals surface area (Å²) in [6.45, 7) is 0.652. The van der Waals surface area contributed by atoms with E-state index in [4.69, 9.17) is 23.3 Å². The van der Waals surface area contributed by atoms with Crippen LogP contribution in [0.3, 0.4) is 0 Å². The first-order valence-corrected chi connectivity index (χ1v) is 3.93. The molecule has 1 atom stereocenters. The van der Waals surface area contributed by atoms with Crippen molar-refractivity contribution < 1.29 is 22.3 Å². The molecule has 0 bridgehead atoms. The van der Waals surface area contributed by atoms with E-state index in [0.717, 1.165) is 0 Å². The second-order valence-electron chi connectivity index (χ2n) is 1.80. The topological polar surface area (TPSA) is 130 Å². The molecule has 1 saturated heterocycles. The Balaban J connectivity index is 0.000000187. The van der Waals surface area contributed by atoms with Crippen LogP contribution in [-0.2, 0) is 15.2 Å². The molecule has 1 amide bonds. The fraction of sp³-hybridized carbons (Fsp3) is 0.667. The molecule has 1 fully saturated rings. The van der Waals surface area contributed by atoms with Crippen LogP contribution in [0.5, 0.6) is 0 Å². The van der Waals surface area contributed by atoms with E-state index in [1.807, 2.05) is 0 Å². The highest BCUT2D eigenvalue weighted by molar-refractivity contribution is 7.79. The van der Waals surface area contributed by atoms with E-state index in [1.165, 1.54) is 0 Å². The number of hydrogen-bond acceptors (Lipinski definition) is 4. The van der Waals surface area contributed by atoms with Gasteiger partial charge in [-0.2, -0.15) is 8.42 Å². The van der Waals surface area contributed by atoms with E-state index in [2.05, 4.69) is 5.32 Å². The summed E-state index contributed by atoms with van der Waals surface area (Å²) in [6, 6.07) is -0.218. The zero-order chi connectivity index (χ0) is 9.07. The van der Waals surface area contributed by atoms with Crippen molar-refractivity contribution in [2.45, 2.75) is 6.04 Å². The lowest BCUT2D eigenvalue weighted by Gasteiger charge is -2.20. The molecule has 5 N–H and O–H groups in total. The second kappa shape index (κ2) is 3.62. The highest BCUT2D eigenvalue weighted by Crippen LogP contribution is 1.85. The Hall–Kier alpha value is -0.700. The number of rotatable bonds is 0. The molecule has 0 aromatic rings. The van der Waals surface area contributed by atoms with Gasteiger partial charge in [0.25, 0.3) is 0 Å². The summed E-state index contributed by atoms with van der Waals surface area (Å²) in [7, 11) is -4.67. The maximum absolute atomic E-state index is 9.99. The highest BCUT2D eigenvalue weighted by Gasteiger charge is 2.21. The Labute approximate surface area is 63.2 Å². The van der Waals surface area contributed by atoms with Gasteiger partial charge < -0.3 is 11.1 Å². The average Bonchev–Trinajstić information content (AvgIpc) is 1.80. The van der Waals surface area contributed by atoms with Crippen LogP contribution < -0.4 is 11.1 Å². The first-order valence-electron chi connectivity index (χ1n) is 2.54. The van der Waals surface area contributed by atoms with E-state index < -0.39 is 10.4 Å². The minimum Gasteiger partial charge on any atom is -0.353 e. The SMILES string of the molecule is NC1CNC1=O.O=S(=O)(O)O. The van der Waals surface area contributed by atoms with Crippen molar-refractivity contribution in [1.29, 1.82) is 0 Å². The predicted octanol–water partition coefficient (Wildman–Crippen LogP) is -2.21. The third kappa shape index (κ3) is 7.19. The van der Waals surface area contributed by atoms with Crippen LogP contribution in [0.1, 0.15) is 0 Å². The number of amides is 1. The summed E-state index contributed by atoms with van der Waals surface area (Å²) >= 11 is 0. The molecule has 7 nitrogen and oxygen atoms in total. The minimum absolute atomic E-state index is 0.0324. The molecule has 0 aliphatic carbocycles. The third-order valence-corrected chi connectivity index (χ3v) is 0.833. The molecule has 0 radical (unpaired) electrons. The van der Waals surface area contributed by atoms with Crippen LogP contribution >= 0.6 is 0 Å². The highest BCUT2D eigenvalue weighted by atomic mass is 32.3. The second-order valence-corrected chi connectivity index (χ2v) is 2.70. The summed E-state index contributed by atoms with van der Waals surface area (Å²) in [5.74, 6) is -0.0324. The van der Waals surface area contributed by atoms with E-state index in [-0.39, 0.29) is 11.9 Å². The lowest BCUT2D eigenvalue weighted by atomic mass is 10.2. The first-order chi connectivity index (χ1) is 4.80. The van der Waals surface area contributed by atoms with Gasteiger partial charge in [-0.1, -0.05) is 0 Å². The Morgan fingerprint density at radius 3 is 1.82 bits per heavy atom. The third-order valence-electron chi connectivity index (χ3n) is 0.833. The molecule has 0 saturated carbocycles. The van der Waals surface area contributed by atoms with Crippen LogP contribution in [0.4, 0.5) is 0 Å². The number of nitrogens with one attached hydrogen (secondary N) is 1. The van der Waals surface area contributed by atoms with Crippen molar-refractivity contribution in [1.82, 2.24) is 5.32 Å². The standard InChI is InChI=1S/C3H6N2O.H2O4S/c4-2-1-5-3(2)6;1-5(2,3)4/h2H,1,4H2,(H,5,6);(H2,1,2,3,4). The molecule has 1 heterocycles. The van der Waals surface area contributed by atoms with Gasteiger partial charge in [0.15, 0.2) is 0 Å². The molecule has 11 heavy (non-hydrogen) atoms. The van der Waals surface area contributed by atoms with Crippen molar-refractivity contribution in [3.63, 3.8) is 0 Å². The molecule has 1 aliphatic heterocycles. The number of carbonyl (C=O) groups excluding carboxylic acids is 1. The molecule has 0 spiro atoms. The fourth-order valence-electron chi connectivity index (χ4n) is 0.303. The molecule has 0 aromatic heterocycles. The monoisotopic (exact) mass is 184 g/mol. The zero-order valence-electron chi connectivity index (χ0n) is 5.39. The van der Waals surface area contributed by atoms with E-state index >= 15 is 0 Å². The first kappa shape index (κ1) is 10.3. The van der Waals surface area contributed by atoms with Gasteiger partial charge in [0.05, 0.1) is 0 Å². The molecule has 1 rings (SSSR count). The van der Waals surface area contributed by atoms with Gasteiger partial charge in [-0.25, -0.2) is 0 Å². The number of β-lactam (4-membered cyclic amide) rings is 1. The molecular weight excluding hydrogens is 176 g/mol. The Morgan fingerprint density at radius 1 is 1.55 bits per heavy atom. The van der Waals surface area contributed by atoms with Gasteiger partial charge in [-0.05, 0) is 0 Å². The lowest BCUT2D eigenvalue weighted by Crippen LogP contribution is -2.58. The summed E-state index contributed by atoms with van der Waals surface area (Å²) in [4.78, 5) is 9.99. The largest absolute Gasteiger partial charge is 0.394 e. The van der Waals surface area contributed by atoms with E-state index in [1.54, 1.807) is 0 Å². The van der Waals surface area contributed by atoms with Crippen molar-refractivity contribution in [2.75, 3.05) is 6.54 Å². The zero-order valence-corrected chi connectivity index (χ0v) is 6.21. The van der Waals surface area contributed by atoms with Gasteiger partial charge in [-0.15, -0.1) is 0 Å². The molecule has 1 aliphatic rings. The normalized spacial score (nSPS) is 22.5. The Bertz CT molecular complexity index is 226. The van der Waals surface area contributed by atoms with Gasteiger partial charge >= 0.3 is 10.4 Å². The number of nitrogens with two attached hydrogens (primary N) is 1. The minimum atomic E-state index is -4.67. The molecular formula is C3H8N2O5S. The van der Waals surface area contributed by atoms with Crippen molar-refractivity contribution in [2.24, 2.45) is 5.73 Å². The fourth-order valence-corrected chi connectivity index (χ4v) is 0.303. The number of hydrogen-bond donors (Lipinski definition) is 4. The maximum atomic E-state index is 9.99. The summed E-state index contributed by atoms with van der Waals surface area (Å²) in [5, 5.41) is 2.49. The van der Waals surface area contributed by atoms with E-state index in [0.29, 0.717) is 6.54 Å². The summed E-state index contributed by atoms with van der Waals surface area (Å²) < 4.78 is 31.6. The Kier molecular flexibility index (Phi) is 3.39. The van der Waals surface area contributed by atoms with Crippen LogP contribution in [0, 0.1) is 0 Å². The van der Waals surface area contributed by atoms with Crippen molar-refractivity contribution in [3.05, 3.63) is 0 Å². The van der Waals surface area contributed by atoms with Crippen LogP contribution in [-0.4, -0.2) is 36.0 Å². The maximum Gasteiger partial charge on any atom is 0.394 e. The molecule has 1 unspecified atom stereocenters. The number of carbonyl (C=O) groups is 1. The molecule has 8 heteroatoms.